The molecular weight excluding hydrogens is 242 g/mol. The van der Waals surface area contributed by atoms with E-state index < -0.39 is 0 Å². The van der Waals surface area contributed by atoms with Crippen LogP contribution in [0.3, 0.4) is 0 Å². The second-order valence-corrected chi connectivity index (χ2v) is 5.84. The van der Waals surface area contributed by atoms with E-state index in [-0.39, 0.29) is 0 Å². The molecule has 0 bridgehead atoms. The Balaban J connectivity index is 1.94. The fraction of sp³-hybridized carbons (Fsp3) is 0.500. The Morgan fingerprint density at radius 2 is 2.28 bits per heavy atom. The van der Waals surface area contributed by atoms with Crippen molar-refractivity contribution in [2.24, 2.45) is 5.73 Å². The van der Waals surface area contributed by atoms with Crippen molar-refractivity contribution in [2.75, 3.05) is 18.0 Å². The molecule has 0 radical (unpaired) electrons. The normalized spacial score (nSPS) is 15.8. The third kappa shape index (κ3) is 2.10. The van der Waals surface area contributed by atoms with Crippen LogP contribution in [-0.2, 0) is 0 Å². The zero-order chi connectivity index (χ0) is 12.4. The molecule has 3 nitrogen and oxygen atoms in total. The zero-order valence-corrected chi connectivity index (χ0v) is 11.3. The van der Waals surface area contributed by atoms with E-state index >= 15 is 0 Å². The minimum Gasteiger partial charge on any atom is -0.353 e. The molecule has 1 aliphatic carbocycles. The van der Waals surface area contributed by atoms with Gasteiger partial charge in [0.25, 0.3) is 0 Å². The largest absolute Gasteiger partial charge is 0.353 e. The van der Waals surface area contributed by atoms with Crippen LogP contribution < -0.4 is 10.6 Å². The number of nitrogens with two attached hydrogens (primary N) is 1. The minimum absolute atomic E-state index is 0.676. The van der Waals surface area contributed by atoms with E-state index in [0.29, 0.717) is 6.04 Å². The van der Waals surface area contributed by atoms with Gasteiger partial charge in [-0.15, -0.1) is 11.3 Å². The lowest BCUT2D eigenvalue weighted by Gasteiger charge is -2.38. The van der Waals surface area contributed by atoms with Crippen LogP contribution in [0.25, 0.3) is 10.1 Å². The molecule has 2 aromatic rings. The first-order chi connectivity index (χ1) is 8.90. The van der Waals surface area contributed by atoms with E-state index in [1.54, 1.807) is 11.3 Å². The lowest BCUT2D eigenvalue weighted by Crippen LogP contribution is -2.42. The molecule has 3 rings (SSSR count). The third-order valence-electron chi connectivity index (χ3n) is 3.75. The van der Waals surface area contributed by atoms with Gasteiger partial charge in [-0.2, -0.15) is 0 Å². The molecule has 0 aliphatic heterocycles. The van der Waals surface area contributed by atoms with Gasteiger partial charge in [-0.1, -0.05) is 0 Å². The SMILES string of the molecule is NCCCN(c1nccc2sccc12)C1CCC1. The number of hydrogen-bond donors (Lipinski definition) is 1. The first-order valence-electron chi connectivity index (χ1n) is 6.69. The smallest absolute Gasteiger partial charge is 0.137 e. The summed E-state index contributed by atoms with van der Waals surface area (Å²) in [6.45, 7) is 1.78. The van der Waals surface area contributed by atoms with E-state index in [2.05, 4.69) is 27.4 Å². The highest BCUT2D eigenvalue weighted by atomic mass is 32.1. The Bertz CT molecular complexity index is 518. The first-order valence-corrected chi connectivity index (χ1v) is 7.57. The fourth-order valence-corrected chi connectivity index (χ4v) is 3.31. The second kappa shape index (κ2) is 5.24. The maximum atomic E-state index is 5.66. The van der Waals surface area contributed by atoms with E-state index in [1.165, 1.54) is 29.3 Å². The number of fused-ring (bicyclic) bond motifs is 1. The van der Waals surface area contributed by atoms with Crippen molar-refractivity contribution >= 4 is 27.2 Å². The van der Waals surface area contributed by atoms with E-state index in [4.69, 9.17) is 5.73 Å². The molecule has 1 aliphatic rings. The second-order valence-electron chi connectivity index (χ2n) is 4.89. The number of thiophene rings is 1. The molecule has 0 aromatic carbocycles. The molecular formula is C14H19N3S. The first kappa shape index (κ1) is 11.9. The monoisotopic (exact) mass is 261 g/mol. The molecule has 0 unspecified atom stereocenters. The molecule has 2 heterocycles. The maximum absolute atomic E-state index is 5.66. The van der Waals surface area contributed by atoms with Crippen molar-refractivity contribution in [1.82, 2.24) is 4.98 Å². The molecule has 0 atom stereocenters. The highest BCUT2D eigenvalue weighted by Gasteiger charge is 2.26. The average molecular weight is 261 g/mol. The topological polar surface area (TPSA) is 42.1 Å². The van der Waals surface area contributed by atoms with Crippen LogP contribution in [0, 0.1) is 0 Å². The summed E-state index contributed by atoms with van der Waals surface area (Å²) in [5.74, 6) is 1.16. The summed E-state index contributed by atoms with van der Waals surface area (Å²) in [5.41, 5.74) is 5.66. The molecule has 18 heavy (non-hydrogen) atoms. The minimum atomic E-state index is 0.676. The van der Waals surface area contributed by atoms with Crippen molar-refractivity contribution in [3.63, 3.8) is 0 Å². The summed E-state index contributed by atoms with van der Waals surface area (Å²) in [5, 5.41) is 3.45. The van der Waals surface area contributed by atoms with Gasteiger partial charge in [-0.05, 0) is 49.7 Å². The Kier molecular flexibility index (Phi) is 3.48. The summed E-state index contributed by atoms with van der Waals surface area (Å²) in [4.78, 5) is 7.10. The Hall–Kier alpha value is -1.13. The van der Waals surface area contributed by atoms with Gasteiger partial charge in [0.15, 0.2) is 0 Å². The van der Waals surface area contributed by atoms with Crippen LogP contribution in [0.5, 0.6) is 0 Å². The van der Waals surface area contributed by atoms with Gasteiger partial charge in [0, 0.05) is 28.9 Å². The standard InChI is InChI=1S/C14H19N3S/c15-7-2-9-17(11-3-1-4-11)14-12-6-10-18-13(12)5-8-16-14/h5-6,8,10-11H,1-4,7,9,15H2. The molecule has 0 amide bonds. The summed E-state index contributed by atoms with van der Waals surface area (Å²) in [7, 11) is 0. The quantitative estimate of drug-likeness (QED) is 0.899. The molecule has 0 spiro atoms. The van der Waals surface area contributed by atoms with Gasteiger partial charge in [-0.3, -0.25) is 0 Å². The Labute approximate surface area is 112 Å². The highest BCUT2D eigenvalue weighted by Crippen LogP contribution is 2.34. The molecule has 96 valence electrons. The highest BCUT2D eigenvalue weighted by molar-refractivity contribution is 7.17. The van der Waals surface area contributed by atoms with Crippen molar-refractivity contribution in [2.45, 2.75) is 31.7 Å². The number of aromatic nitrogens is 1. The van der Waals surface area contributed by atoms with Gasteiger partial charge in [-0.25, -0.2) is 4.98 Å². The van der Waals surface area contributed by atoms with E-state index in [9.17, 15) is 0 Å². The summed E-state index contributed by atoms with van der Waals surface area (Å²) in [6, 6.07) is 4.97. The summed E-state index contributed by atoms with van der Waals surface area (Å²) < 4.78 is 1.33. The predicted molar refractivity (Wildman–Crippen MR) is 78.3 cm³/mol. The molecule has 0 saturated heterocycles. The van der Waals surface area contributed by atoms with E-state index in [0.717, 1.165) is 25.3 Å². The van der Waals surface area contributed by atoms with Gasteiger partial charge >= 0.3 is 0 Å². The Morgan fingerprint density at radius 1 is 1.39 bits per heavy atom. The van der Waals surface area contributed by atoms with Crippen LogP contribution in [-0.4, -0.2) is 24.1 Å². The summed E-state index contributed by atoms with van der Waals surface area (Å²) in [6.07, 6.45) is 6.92. The van der Waals surface area contributed by atoms with Gasteiger partial charge in [0.2, 0.25) is 0 Å². The van der Waals surface area contributed by atoms with Crippen molar-refractivity contribution in [3.05, 3.63) is 23.7 Å². The van der Waals surface area contributed by atoms with Gasteiger partial charge in [0.05, 0.1) is 0 Å². The van der Waals surface area contributed by atoms with Crippen LogP contribution in [0.2, 0.25) is 0 Å². The van der Waals surface area contributed by atoms with Crippen molar-refractivity contribution < 1.29 is 0 Å². The molecule has 1 saturated carbocycles. The average Bonchev–Trinajstić information content (AvgIpc) is 2.80. The molecule has 2 N–H and O–H groups in total. The van der Waals surface area contributed by atoms with Gasteiger partial charge in [0.1, 0.15) is 5.82 Å². The van der Waals surface area contributed by atoms with Crippen molar-refractivity contribution in [3.8, 4) is 0 Å². The Morgan fingerprint density at radius 3 is 3.00 bits per heavy atom. The number of hydrogen-bond acceptors (Lipinski definition) is 4. The summed E-state index contributed by atoms with van der Waals surface area (Å²) >= 11 is 1.79. The van der Waals surface area contributed by atoms with Crippen LogP contribution in [0.4, 0.5) is 5.82 Å². The molecule has 4 heteroatoms. The number of nitrogens with zero attached hydrogens (tertiary/aromatic N) is 2. The lowest BCUT2D eigenvalue weighted by atomic mass is 9.91. The van der Waals surface area contributed by atoms with Crippen LogP contribution >= 0.6 is 11.3 Å². The molecule has 1 fully saturated rings. The van der Waals surface area contributed by atoms with Crippen LogP contribution in [0.15, 0.2) is 23.7 Å². The van der Waals surface area contributed by atoms with E-state index in [1.807, 2.05) is 6.20 Å². The lowest BCUT2D eigenvalue weighted by molar-refractivity contribution is 0.383. The van der Waals surface area contributed by atoms with Crippen LogP contribution in [0.1, 0.15) is 25.7 Å². The third-order valence-corrected chi connectivity index (χ3v) is 4.63. The number of pyridine rings is 1. The maximum Gasteiger partial charge on any atom is 0.137 e. The van der Waals surface area contributed by atoms with Gasteiger partial charge < -0.3 is 10.6 Å². The fourth-order valence-electron chi connectivity index (χ4n) is 2.53. The predicted octanol–water partition coefficient (Wildman–Crippen LogP) is 3.00. The number of rotatable bonds is 5. The van der Waals surface area contributed by atoms with Crippen molar-refractivity contribution in [1.29, 1.82) is 0 Å². The molecule has 2 aromatic heterocycles. The number of anilines is 1. The zero-order valence-electron chi connectivity index (χ0n) is 10.5.